The largest absolute Gasteiger partial charge is 0.510 e. The van der Waals surface area contributed by atoms with Crippen LogP contribution in [0.2, 0.25) is 0 Å². The van der Waals surface area contributed by atoms with Crippen molar-refractivity contribution in [1.29, 1.82) is 0 Å². The normalized spacial score (nSPS) is 31.0. The summed E-state index contributed by atoms with van der Waals surface area (Å²) in [4.78, 5) is 48.6. The number of nitrogen functional groups attached to an aromatic ring is 2. The van der Waals surface area contributed by atoms with Crippen LogP contribution in [0.1, 0.15) is 40.2 Å². The zero-order valence-corrected chi connectivity index (χ0v) is 34.3. The molecule has 0 saturated carbocycles. The molecule has 0 spiro atoms. The van der Waals surface area contributed by atoms with Gasteiger partial charge in [-0.2, -0.15) is 0 Å². The van der Waals surface area contributed by atoms with Crippen LogP contribution in [0.4, 0.5) is 30.0 Å². The van der Waals surface area contributed by atoms with Crippen LogP contribution in [0.15, 0.2) is 25.3 Å². The molecule has 7 rings (SSSR count). The van der Waals surface area contributed by atoms with Crippen LogP contribution in [0.5, 0.6) is 0 Å². The van der Waals surface area contributed by atoms with Crippen LogP contribution in [0.3, 0.4) is 0 Å². The van der Waals surface area contributed by atoms with E-state index in [0.29, 0.717) is 0 Å². The number of phosphoric ester groups is 1. The molecule has 4 N–H and O–H groups in total. The van der Waals surface area contributed by atoms with Gasteiger partial charge in [-0.05, 0) is 27.7 Å². The van der Waals surface area contributed by atoms with Crippen molar-refractivity contribution in [3.63, 3.8) is 0 Å². The molecule has 0 amide bonds. The molecule has 26 nitrogen and oxygen atoms in total. The maximum atomic E-state index is 16.7. The number of alkyl halides is 2. The first-order valence-electron chi connectivity index (χ1n) is 18.2. The Labute approximate surface area is 342 Å². The van der Waals surface area contributed by atoms with Crippen molar-refractivity contribution < 1.29 is 83.3 Å². The number of phosphoric acid groups is 1. The van der Waals surface area contributed by atoms with Gasteiger partial charge in [0.1, 0.15) is 54.5 Å². The number of carbonyl (C=O) groups excluding carboxylic acids is 2. The van der Waals surface area contributed by atoms with Crippen LogP contribution in [-0.4, -0.2) is 133 Å². The van der Waals surface area contributed by atoms with Crippen molar-refractivity contribution in [2.75, 3.05) is 44.6 Å². The topological polar surface area (TPSA) is 318 Å². The Morgan fingerprint density at radius 3 is 1.89 bits per heavy atom. The van der Waals surface area contributed by atoms with E-state index < -0.39 is 122 Å². The molecule has 3 aliphatic rings. The molecule has 0 aliphatic carbocycles. The first-order chi connectivity index (χ1) is 29.0. The molecule has 334 valence electrons. The summed E-state index contributed by atoms with van der Waals surface area (Å²) in [6, 6.07) is 0. The Bertz CT molecular complexity index is 2310. The second-order valence-electron chi connectivity index (χ2n) is 13.8. The summed E-state index contributed by atoms with van der Waals surface area (Å²) in [6.45, 7) is 2.24. The zero-order valence-electron chi connectivity index (χ0n) is 32.5. The number of aromatic nitrogens is 8. The number of anilines is 2. The second kappa shape index (κ2) is 18.3. The van der Waals surface area contributed by atoms with Crippen molar-refractivity contribution in [2.24, 2.45) is 0 Å². The molecule has 2 bridgehead atoms. The van der Waals surface area contributed by atoms with Gasteiger partial charge in [-0.25, -0.2) is 57.4 Å². The minimum absolute atomic E-state index is 0.0170. The van der Waals surface area contributed by atoms with Gasteiger partial charge in [0.15, 0.2) is 47.7 Å². The molecule has 30 heteroatoms. The Hall–Kier alpha value is -4.76. The Balaban J connectivity index is 1.24. The fraction of sp³-hybridized carbons (Fsp3) is 0.613. The lowest BCUT2D eigenvalue weighted by molar-refractivity contribution is -0.0748. The van der Waals surface area contributed by atoms with Gasteiger partial charge in [0.2, 0.25) is 13.6 Å². The average Bonchev–Trinajstić information content (AvgIpc) is 3.96. The number of nitrogens with zero attached hydrogens (tertiary/aromatic N) is 8. The second-order valence-corrected chi connectivity index (χ2v) is 17.4. The Kier molecular flexibility index (Phi) is 13.3. The lowest BCUT2D eigenvalue weighted by atomic mass is 10.1. The van der Waals surface area contributed by atoms with Crippen LogP contribution in [-0.2, 0) is 64.9 Å². The predicted octanol–water partition coefficient (Wildman–Crippen LogP) is 3.45. The zero-order chi connectivity index (χ0) is 43.6. The minimum Gasteiger partial charge on any atom is -0.432 e. The van der Waals surface area contributed by atoms with E-state index in [1.54, 1.807) is 13.8 Å². The predicted molar refractivity (Wildman–Crippen MR) is 196 cm³/mol. The third kappa shape index (κ3) is 9.83. The van der Waals surface area contributed by atoms with Crippen molar-refractivity contribution in [2.45, 2.75) is 89.1 Å². The standard InChI is InChI=1S/C31H40F2N10O16P2/c1-14(2)55-30(44)48-11-53-60(46)13-50-22-17(58-28(19(22)33)42-9-40-20-24(34)36-7-38-26(20)42)6-52-61(47,54-12-49-31(45)56-15(3)4)59-23-18(32)16(5-51-60)57-29(23)43-10-41-21-25(35)37-8-39-27(21)43/h7-10,14-19,22-23,28-29H,5-6,11-13H2,1-4H3,(H2,34,36,38)(H2,35,37,39)/t16-,17-,18-,19-,22-,23-,28-,29-,60?,61?/m1/s1. The van der Waals surface area contributed by atoms with E-state index in [-0.39, 0.29) is 34.0 Å². The first-order valence-corrected chi connectivity index (χ1v) is 21.4. The van der Waals surface area contributed by atoms with E-state index in [2.05, 4.69) is 29.9 Å². The molecule has 3 saturated heterocycles. The van der Waals surface area contributed by atoms with Gasteiger partial charge in [-0.1, -0.05) is 0 Å². The summed E-state index contributed by atoms with van der Waals surface area (Å²) < 4.78 is 130. The first kappa shape index (κ1) is 44.3. The third-order valence-corrected chi connectivity index (χ3v) is 11.7. The molecule has 4 aromatic heterocycles. The fourth-order valence-electron chi connectivity index (χ4n) is 6.16. The highest BCUT2D eigenvalue weighted by atomic mass is 31.2. The monoisotopic (exact) mass is 908 g/mol. The lowest BCUT2D eigenvalue weighted by Crippen LogP contribution is -2.36. The fourth-order valence-corrected chi connectivity index (χ4v) is 8.56. The van der Waals surface area contributed by atoms with Crippen LogP contribution < -0.4 is 11.5 Å². The van der Waals surface area contributed by atoms with Crippen LogP contribution in [0.25, 0.3) is 22.3 Å². The average molecular weight is 909 g/mol. The molecular formula is C31H40F2N10O16P2. The summed E-state index contributed by atoms with van der Waals surface area (Å²) in [5, 5.41) is 0. The number of fused-ring (bicyclic) bond motifs is 5. The van der Waals surface area contributed by atoms with Crippen LogP contribution >= 0.6 is 15.4 Å². The highest BCUT2D eigenvalue weighted by molar-refractivity contribution is 7.53. The molecule has 3 aliphatic heterocycles. The van der Waals surface area contributed by atoms with Crippen molar-refractivity contribution >= 4 is 61.7 Å². The molecule has 0 aromatic carbocycles. The van der Waals surface area contributed by atoms with Crippen molar-refractivity contribution in [1.82, 2.24) is 39.0 Å². The van der Waals surface area contributed by atoms with E-state index in [4.69, 9.17) is 67.2 Å². The van der Waals surface area contributed by atoms with Gasteiger partial charge in [0.05, 0.1) is 38.1 Å². The maximum Gasteiger partial charge on any atom is 0.510 e. The van der Waals surface area contributed by atoms with Gasteiger partial charge in [0.25, 0.3) is 0 Å². The number of ether oxygens (including phenoxy) is 7. The highest BCUT2D eigenvalue weighted by Gasteiger charge is 2.54. The molecule has 10 atom stereocenters. The molecule has 4 aromatic rings. The Morgan fingerprint density at radius 1 is 0.754 bits per heavy atom. The van der Waals surface area contributed by atoms with E-state index in [9.17, 15) is 18.7 Å². The van der Waals surface area contributed by atoms with Crippen LogP contribution in [0, 0.1) is 0 Å². The molecule has 7 heterocycles. The quantitative estimate of drug-likeness (QED) is 0.131. The number of halogens is 2. The van der Waals surface area contributed by atoms with Gasteiger partial charge in [-0.3, -0.25) is 27.3 Å². The minimum atomic E-state index is -5.17. The van der Waals surface area contributed by atoms with E-state index in [1.807, 2.05) is 0 Å². The smallest absolute Gasteiger partial charge is 0.432 e. The molecule has 2 unspecified atom stereocenters. The summed E-state index contributed by atoms with van der Waals surface area (Å²) in [6.07, 6.45) is -14.9. The van der Waals surface area contributed by atoms with Crippen molar-refractivity contribution in [3.05, 3.63) is 25.3 Å². The molecule has 0 radical (unpaired) electrons. The van der Waals surface area contributed by atoms with Gasteiger partial charge >= 0.3 is 27.7 Å². The summed E-state index contributed by atoms with van der Waals surface area (Å²) in [5.41, 5.74) is 12.1. The molecular weight excluding hydrogens is 868 g/mol. The number of nitrogens with two attached hydrogens (primary N) is 2. The van der Waals surface area contributed by atoms with Gasteiger partial charge < -0.3 is 49.1 Å². The van der Waals surface area contributed by atoms with Crippen molar-refractivity contribution in [3.8, 4) is 0 Å². The van der Waals surface area contributed by atoms with Gasteiger partial charge in [0, 0.05) is 0 Å². The summed E-state index contributed by atoms with van der Waals surface area (Å²) in [5.74, 6) is -0.0768. The third-order valence-electron chi connectivity index (χ3n) is 8.84. The van der Waals surface area contributed by atoms with E-state index in [0.717, 1.165) is 19.0 Å². The lowest BCUT2D eigenvalue weighted by Gasteiger charge is -2.28. The number of carbonyl (C=O) groups is 2. The number of hydrogen-bond donors (Lipinski definition) is 2. The van der Waals surface area contributed by atoms with E-state index >= 15 is 8.78 Å². The molecule has 3 fully saturated rings. The summed E-state index contributed by atoms with van der Waals surface area (Å²) >= 11 is 0. The van der Waals surface area contributed by atoms with Gasteiger partial charge in [-0.15, -0.1) is 0 Å². The number of hydrogen-bond acceptors (Lipinski definition) is 24. The summed E-state index contributed by atoms with van der Waals surface area (Å²) in [7, 11) is -9.85. The SMILES string of the molecule is CC(C)OC(=O)OCOP1(=O)CO[C@H]2[C@@H](F)[C@H](n3cnc4c(N)ncnc43)O[C@@H]2COP(=O)(OCOC(=O)OC(C)C)O[C@@H]2[C@H](F)[C@@H](CO1)O[C@H]2n1cnc2c(N)ncnc21. The molecule has 61 heavy (non-hydrogen) atoms. The highest BCUT2D eigenvalue weighted by Crippen LogP contribution is 2.56. The Morgan fingerprint density at radius 2 is 1.30 bits per heavy atom. The maximum absolute atomic E-state index is 16.7. The number of rotatable bonds is 10. The number of imidazole rings is 2. The van der Waals surface area contributed by atoms with E-state index in [1.165, 1.54) is 29.3 Å².